The van der Waals surface area contributed by atoms with E-state index in [1.54, 1.807) is 25.5 Å². The van der Waals surface area contributed by atoms with Gasteiger partial charge < -0.3 is 15.4 Å². The highest BCUT2D eigenvalue weighted by Crippen LogP contribution is 2.25. The highest BCUT2D eigenvalue weighted by molar-refractivity contribution is 7.14. The molecule has 2 aromatic rings. The van der Waals surface area contributed by atoms with Crippen molar-refractivity contribution in [2.75, 3.05) is 17.7 Å². The van der Waals surface area contributed by atoms with Crippen LogP contribution in [0.15, 0.2) is 35.7 Å². The Bertz CT molecular complexity index is 676. The number of nitrogens with zero attached hydrogens (tertiary/aromatic N) is 1. The van der Waals surface area contributed by atoms with E-state index in [1.807, 2.05) is 30.3 Å². The molecule has 108 valence electrons. The molecule has 1 aromatic carbocycles. The molecule has 1 amide bonds. The van der Waals surface area contributed by atoms with Crippen LogP contribution in [0.2, 0.25) is 0 Å². The van der Waals surface area contributed by atoms with Crippen molar-refractivity contribution >= 4 is 27.9 Å². The molecule has 2 rings (SSSR count). The third-order valence-corrected chi connectivity index (χ3v) is 3.72. The summed E-state index contributed by atoms with van der Waals surface area (Å²) in [5, 5.41) is 17.1. The van der Waals surface area contributed by atoms with Crippen molar-refractivity contribution in [3.63, 3.8) is 0 Å². The van der Waals surface area contributed by atoms with Crippen LogP contribution >= 0.6 is 11.3 Å². The van der Waals surface area contributed by atoms with E-state index in [1.165, 1.54) is 11.3 Å². The van der Waals surface area contributed by atoms with Gasteiger partial charge in [0.15, 0.2) is 0 Å². The second-order valence-electron chi connectivity index (χ2n) is 4.33. The summed E-state index contributed by atoms with van der Waals surface area (Å²) in [5.74, 6) is 0.464. The van der Waals surface area contributed by atoms with Crippen molar-refractivity contribution < 1.29 is 9.53 Å². The molecule has 21 heavy (non-hydrogen) atoms. The number of thiophene rings is 1. The average molecular weight is 301 g/mol. The molecule has 0 bridgehead atoms. The summed E-state index contributed by atoms with van der Waals surface area (Å²) in [6, 6.07) is 10.6. The number of methoxy groups -OCH3 is 1. The van der Waals surface area contributed by atoms with Gasteiger partial charge in [0, 0.05) is 0 Å². The van der Waals surface area contributed by atoms with Crippen LogP contribution in [0.1, 0.15) is 12.5 Å². The highest BCUT2D eigenvalue weighted by atomic mass is 32.1. The summed E-state index contributed by atoms with van der Waals surface area (Å²) >= 11 is 1.33. The number of amides is 1. The molecule has 2 N–H and O–H groups in total. The Kier molecular flexibility index (Phi) is 4.80. The molecular formula is C15H15N3O2S. The van der Waals surface area contributed by atoms with E-state index in [4.69, 9.17) is 10.00 Å². The fraction of sp³-hybridized carbons (Fsp3) is 0.200. The van der Waals surface area contributed by atoms with E-state index >= 15 is 0 Å². The van der Waals surface area contributed by atoms with Gasteiger partial charge >= 0.3 is 0 Å². The number of anilines is 2. The number of benzene rings is 1. The molecule has 0 saturated heterocycles. The molecule has 0 saturated carbocycles. The van der Waals surface area contributed by atoms with Gasteiger partial charge in [-0.2, -0.15) is 5.26 Å². The first-order chi connectivity index (χ1) is 10.2. The van der Waals surface area contributed by atoms with Crippen LogP contribution in [-0.4, -0.2) is 19.1 Å². The first-order valence-corrected chi connectivity index (χ1v) is 7.21. The summed E-state index contributed by atoms with van der Waals surface area (Å²) in [4.78, 5) is 12.2. The lowest BCUT2D eigenvalue weighted by Crippen LogP contribution is -2.31. The standard InChI is InChI=1S/C15H15N3O2S/c1-10(17-12-5-3-4-6-13(12)20-2)14(19)18-15-11(9-16)7-8-21-15/h3-8,10,17H,1-2H3,(H,18,19)/t10-/m1/s1. The van der Waals surface area contributed by atoms with Crippen molar-refractivity contribution in [1.82, 2.24) is 0 Å². The van der Waals surface area contributed by atoms with Crippen molar-refractivity contribution in [2.45, 2.75) is 13.0 Å². The molecular weight excluding hydrogens is 286 g/mol. The lowest BCUT2D eigenvalue weighted by Gasteiger charge is -2.16. The summed E-state index contributed by atoms with van der Waals surface area (Å²) in [6.45, 7) is 1.75. The Hall–Kier alpha value is -2.52. The Morgan fingerprint density at radius 1 is 1.38 bits per heavy atom. The number of nitriles is 1. The second-order valence-corrected chi connectivity index (χ2v) is 5.25. The summed E-state index contributed by atoms with van der Waals surface area (Å²) in [6.07, 6.45) is 0. The number of carbonyl (C=O) groups excluding carboxylic acids is 1. The van der Waals surface area contributed by atoms with Crippen LogP contribution in [0.3, 0.4) is 0 Å². The van der Waals surface area contributed by atoms with E-state index in [-0.39, 0.29) is 5.91 Å². The molecule has 1 heterocycles. The van der Waals surface area contributed by atoms with Crippen molar-refractivity contribution in [3.05, 3.63) is 41.3 Å². The number of hydrogen-bond acceptors (Lipinski definition) is 5. The molecule has 0 spiro atoms. The molecule has 0 aliphatic heterocycles. The topological polar surface area (TPSA) is 74.2 Å². The van der Waals surface area contributed by atoms with Crippen molar-refractivity contribution in [3.8, 4) is 11.8 Å². The highest BCUT2D eigenvalue weighted by Gasteiger charge is 2.16. The molecule has 1 atom stereocenters. The Morgan fingerprint density at radius 2 is 2.14 bits per heavy atom. The number of ether oxygens (including phenoxy) is 1. The Labute approximate surface area is 127 Å². The Morgan fingerprint density at radius 3 is 2.86 bits per heavy atom. The first-order valence-electron chi connectivity index (χ1n) is 6.33. The van der Waals surface area contributed by atoms with Gasteiger partial charge in [0.05, 0.1) is 18.4 Å². The second kappa shape index (κ2) is 6.77. The van der Waals surface area contributed by atoms with Gasteiger partial charge in [-0.1, -0.05) is 12.1 Å². The molecule has 1 aromatic heterocycles. The normalized spacial score (nSPS) is 11.3. The van der Waals surface area contributed by atoms with Crippen LogP contribution in [0, 0.1) is 11.3 Å². The smallest absolute Gasteiger partial charge is 0.247 e. The van der Waals surface area contributed by atoms with Crippen LogP contribution < -0.4 is 15.4 Å². The van der Waals surface area contributed by atoms with E-state index < -0.39 is 6.04 Å². The molecule has 0 aliphatic carbocycles. The SMILES string of the molecule is COc1ccccc1N[C@H](C)C(=O)Nc1sccc1C#N. The first kappa shape index (κ1) is 14.9. The minimum absolute atomic E-state index is 0.208. The van der Waals surface area contributed by atoms with E-state index in [0.29, 0.717) is 16.3 Å². The predicted octanol–water partition coefficient (Wildman–Crippen LogP) is 3.07. The average Bonchev–Trinajstić information content (AvgIpc) is 2.94. The van der Waals surface area contributed by atoms with Gasteiger partial charge in [0.2, 0.25) is 5.91 Å². The van der Waals surface area contributed by atoms with E-state index in [9.17, 15) is 4.79 Å². The van der Waals surface area contributed by atoms with Crippen LogP contribution in [0.25, 0.3) is 0 Å². The Balaban J connectivity index is 2.05. The van der Waals surface area contributed by atoms with Gasteiger partial charge in [0.1, 0.15) is 22.9 Å². The summed E-state index contributed by atoms with van der Waals surface area (Å²) < 4.78 is 5.23. The molecule has 5 nitrogen and oxygen atoms in total. The minimum atomic E-state index is -0.463. The summed E-state index contributed by atoms with van der Waals surface area (Å²) in [7, 11) is 1.58. The number of nitrogens with one attached hydrogen (secondary N) is 2. The predicted molar refractivity (Wildman–Crippen MR) is 83.7 cm³/mol. The van der Waals surface area contributed by atoms with Crippen LogP contribution in [0.5, 0.6) is 5.75 Å². The lowest BCUT2D eigenvalue weighted by molar-refractivity contribution is -0.116. The monoisotopic (exact) mass is 301 g/mol. The fourth-order valence-electron chi connectivity index (χ4n) is 1.78. The number of para-hydroxylation sites is 2. The van der Waals surface area contributed by atoms with Gasteiger partial charge in [-0.25, -0.2) is 0 Å². The van der Waals surface area contributed by atoms with Gasteiger partial charge in [-0.15, -0.1) is 11.3 Å². The largest absolute Gasteiger partial charge is 0.495 e. The minimum Gasteiger partial charge on any atom is -0.495 e. The van der Waals surface area contributed by atoms with Crippen molar-refractivity contribution in [2.24, 2.45) is 0 Å². The maximum absolute atomic E-state index is 12.2. The molecule has 0 radical (unpaired) electrons. The van der Waals surface area contributed by atoms with Gasteiger partial charge in [-0.3, -0.25) is 4.79 Å². The maximum atomic E-state index is 12.2. The van der Waals surface area contributed by atoms with Crippen LogP contribution in [-0.2, 0) is 4.79 Å². The molecule has 0 fully saturated rings. The number of hydrogen-bond donors (Lipinski definition) is 2. The van der Waals surface area contributed by atoms with E-state index in [0.717, 1.165) is 5.69 Å². The zero-order valence-corrected chi connectivity index (χ0v) is 12.5. The third kappa shape index (κ3) is 3.52. The maximum Gasteiger partial charge on any atom is 0.247 e. The number of rotatable bonds is 5. The summed E-state index contributed by atoms with van der Waals surface area (Å²) in [5.41, 5.74) is 1.21. The van der Waals surface area contributed by atoms with Gasteiger partial charge in [0.25, 0.3) is 0 Å². The molecule has 6 heteroatoms. The van der Waals surface area contributed by atoms with E-state index in [2.05, 4.69) is 10.6 Å². The third-order valence-electron chi connectivity index (χ3n) is 2.89. The van der Waals surface area contributed by atoms with Crippen molar-refractivity contribution in [1.29, 1.82) is 5.26 Å². The van der Waals surface area contributed by atoms with Gasteiger partial charge in [-0.05, 0) is 30.5 Å². The molecule has 0 unspecified atom stereocenters. The zero-order valence-electron chi connectivity index (χ0n) is 11.7. The lowest BCUT2D eigenvalue weighted by atomic mass is 10.2. The van der Waals surface area contributed by atoms with Crippen LogP contribution in [0.4, 0.5) is 10.7 Å². The number of carbonyl (C=O) groups is 1. The molecule has 0 aliphatic rings. The zero-order chi connectivity index (χ0) is 15.2. The fourth-order valence-corrected chi connectivity index (χ4v) is 2.52. The quantitative estimate of drug-likeness (QED) is 0.890.